The van der Waals surface area contributed by atoms with Gasteiger partial charge in [0, 0.05) is 37.5 Å². The zero-order valence-corrected chi connectivity index (χ0v) is 26.2. The van der Waals surface area contributed by atoms with Gasteiger partial charge in [-0.2, -0.15) is 0 Å². The first kappa shape index (κ1) is 32.8. The molecule has 8 nitrogen and oxygen atoms in total. The summed E-state index contributed by atoms with van der Waals surface area (Å²) in [6.07, 6.45) is 8.21. The first-order chi connectivity index (χ1) is 19.7. The molecular formula is C34H50O8. The van der Waals surface area contributed by atoms with Gasteiger partial charge in [0.25, 0.3) is 0 Å². The number of Topliss-reactive ketones (excluding diaryl/α,β-unsaturated/α-hetero) is 1. The predicted molar refractivity (Wildman–Crippen MR) is 159 cm³/mol. The third kappa shape index (κ3) is 6.68. The Balaban J connectivity index is 1.75. The molecule has 1 unspecified atom stereocenters. The highest BCUT2D eigenvalue weighted by molar-refractivity contribution is 5.99. The van der Waals surface area contributed by atoms with Crippen molar-refractivity contribution in [3.8, 4) is 0 Å². The van der Waals surface area contributed by atoms with E-state index in [0.29, 0.717) is 24.0 Å². The van der Waals surface area contributed by atoms with Crippen molar-refractivity contribution in [3.63, 3.8) is 0 Å². The SMILES string of the molecule is CCC(C)[C@H]1O[C@]2(C[C@@H]3C[C@@H](C/C=C(\C)[C@@H](O)[C@@H](C)/C=C/C=C(\C)[C@]4(O)CC(=O)C(C)=C[C@H]4C(=O)O3)O2)C[C@H](O)[C@@H]1C. The molecule has 1 spiro atoms. The Labute approximate surface area is 250 Å². The Morgan fingerprint density at radius 1 is 1.07 bits per heavy atom. The fraction of sp³-hybridized carbons (Fsp3) is 0.706. The normalized spacial score (nSPS) is 45.9. The molecule has 8 heteroatoms. The predicted octanol–water partition coefficient (Wildman–Crippen LogP) is 4.72. The number of hydrogen-bond acceptors (Lipinski definition) is 8. The molecule has 0 aromatic rings. The number of carbonyl (C=O) groups excluding carboxylic acids is 2. The zero-order chi connectivity index (χ0) is 31.0. The molecule has 11 atom stereocenters. The van der Waals surface area contributed by atoms with Gasteiger partial charge in [-0.1, -0.05) is 64.5 Å². The lowest BCUT2D eigenvalue weighted by molar-refractivity contribution is -0.354. The number of aliphatic hydroxyl groups is 3. The highest BCUT2D eigenvalue weighted by atomic mass is 16.7. The quantitative estimate of drug-likeness (QED) is 0.314. The molecule has 0 radical (unpaired) electrons. The minimum Gasteiger partial charge on any atom is -0.462 e. The van der Waals surface area contributed by atoms with Gasteiger partial charge >= 0.3 is 5.97 Å². The number of rotatable bonds is 2. The smallest absolute Gasteiger partial charge is 0.316 e. The summed E-state index contributed by atoms with van der Waals surface area (Å²) in [5, 5.41) is 34.0. The average molecular weight is 587 g/mol. The summed E-state index contributed by atoms with van der Waals surface area (Å²) >= 11 is 0. The van der Waals surface area contributed by atoms with Crippen molar-refractivity contribution in [2.75, 3.05) is 0 Å². The Bertz CT molecular complexity index is 1150. The number of hydrogen-bond donors (Lipinski definition) is 3. The maximum atomic E-state index is 13.8. The van der Waals surface area contributed by atoms with Crippen molar-refractivity contribution in [2.45, 2.75) is 129 Å². The van der Waals surface area contributed by atoms with E-state index >= 15 is 0 Å². The molecule has 0 aromatic carbocycles. The molecule has 2 saturated heterocycles. The number of allylic oxidation sites excluding steroid dienone is 3. The topological polar surface area (TPSA) is 123 Å². The largest absolute Gasteiger partial charge is 0.462 e. The molecular weight excluding hydrogens is 536 g/mol. The van der Waals surface area contributed by atoms with Crippen LogP contribution >= 0.6 is 0 Å². The molecule has 234 valence electrons. The van der Waals surface area contributed by atoms with Crippen molar-refractivity contribution in [1.82, 2.24) is 0 Å². The van der Waals surface area contributed by atoms with E-state index in [0.717, 1.165) is 12.0 Å². The maximum Gasteiger partial charge on any atom is 0.316 e. The Morgan fingerprint density at radius 3 is 2.48 bits per heavy atom. The van der Waals surface area contributed by atoms with Gasteiger partial charge < -0.3 is 29.5 Å². The summed E-state index contributed by atoms with van der Waals surface area (Å²) in [5.74, 6) is -3.15. The number of aliphatic hydroxyl groups excluding tert-OH is 2. The van der Waals surface area contributed by atoms with Gasteiger partial charge in [0.1, 0.15) is 17.6 Å². The fourth-order valence-electron chi connectivity index (χ4n) is 6.90. The second-order valence-electron chi connectivity index (χ2n) is 13.3. The van der Waals surface area contributed by atoms with E-state index in [9.17, 15) is 24.9 Å². The minimum atomic E-state index is -1.75. The second-order valence-corrected chi connectivity index (χ2v) is 13.3. The van der Waals surface area contributed by atoms with Crippen LogP contribution in [-0.2, 0) is 23.8 Å². The van der Waals surface area contributed by atoms with Crippen molar-refractivity contribution < 1.29 is 39.1 Å². The number of ketones is 1. The van der Waals surface area contributed by atoms with Gasteiger partial charge in [0.05, 0.1) is 24.4 Å². The van der Waals surface area contributed by atoms with Crippen LogP contribution in [-0.4, -0.2) is 69.0 Å². The third-order valence-corrected chi connectivity index (χ3v) is 10.1. The third-order valence-electron chi connectivity index (χ3n) is 10.1. The Kier molecular flexibility index (Phi) is 10.0. The van der Waals surface area contributed by atoms with Gasteiger partial charge in [-0.05, 0) is 49.8 Å². The van der Waals surface area contributed by atoms with Crippen LogP contribution in [0, 0.1) is 23.7 Å². The lowest BCUT2D eigenvalue weighted by atomic mass is 9.72. The zero-order valence-electron chi connectivity index (χ0n) is 26.2. The monoisotopic (exact) mass is 586 g/mol. The summed E-state index contributed by atoms with van der Waals surface area (Å²) in [4.78, 5) is 26.6. The molecule has 0 saturated carbocycles. The molecule has 4 aliphatic rings. The van der Waals surface area contributed by atoms with E-state index in [1.807, 2.05) is 32.9 Å². The molecule has 0 aromatic heterocycles. The molecule has 42 heavy (non-hydrogen) atoms. The van der Waals surface area contributed by atoms with Crippen LogP contribution in [0.3, 0.4) is 0 Å². The van der Waals surface area contributed by atoms with E-state index in [2.05, 4.69) is 13.8 Å². The standard InChI is InChI=1S/C34H50O8/c1-8-19(2)31-24(7)29(36)17-33(42-31)16-26-15-25(41-33)13-12-21(4)30(37)20(3)10-9-11-23(6)34(39)18-28(35)22(5)14-27(34)32(38)40-26/h9-12,14,19-20,24-27,29-31,36-37,39H,8,13,15-18H2,1-7H3/b10-9+,21-12+,23-11+/t19?,20-,24-,25+,26-,27-,29-,30-,31+,33+,34+/m0/s1. The van der Waals surface area contributed by atoms with E-state index in [4.69, 9.17) is 14.2 Å². The van der Waals surface area contributed by atoms with Gasteiger partial charge in [-0.15, -0.1) is 0 Å². The van der Waals surface area contributed by atoms with E-state index in [1.165, 1.54) is 6.08 Å². The van der Waals surface area contributed by atoms with Crippen molar-refractivity contribution >= 4 is 11.8 Å². The first-order valence-corrected chi connectivity index (χ1v) is 15.6. The highest BCUT2D eigenvalue weighted by Crippen LogP contribution is 2.46. The number of carbonyl (C=O) groups is 2. The Hall–Kier alpha value is -2.10. The molecule has 2 bridgehead atoms. The van der Waals surface area contributed by atoms with Crippen LogP contribution in [0.1, 0.15) is 87.0 Å². The molecule has 3 aliphatic heterocycles. The molecule has 0 amide bonds. The van der Waals surface area contributed by atoms with E-state index < -0.39 is 41.6 Å². The number of ether oxygens (including phenoxy) is 3. The summed E-state index contributed by atoms with van der Waals surface area (Å²) < 4.78 is 19.5. The first-order valence-electron chi connectivity index (χ1n) is 15.6. The van der Waals surface area contributed by atoms with E-state index in [-0.39, 0.29) is 55.0 Å². The molecule has 2 fully saturated rings. The summed E-state index contributed by atoms with van der Waals surface area (Å²) in [5.41, 5.74) is -0.0695. The van der Waals surface area contributed by atoms with Gasteiger partial charge in [-0.25, -0.2) is 0 Å². The van der Waals surface area contributed by atoms with E-state index in [1.54, 1.807) is 26.0 Å². The van der Waals surface area contributed by atoms with Crippen molar-refractivity contribution in [3.05, 3.63) is 47.1 Å². The highest BCUT2D eigenvalue weighted by Gasteiger charge is 2.53. The van der Waals surface area contributed by atoms with Gasteiger partial charge in [0.15, 0.2) is 11.6 Å². The van der Waals surface area contributed by atoms with Crippen LogP contribution < -0.4 is 0 Å². The number of fused-ring (bicyclic) bond motifs is 3. The maximum absolute atomic E-state index is 13.8. The lowest BCUT2D eigenvalue weighted by Gasteiger charge is -2.52. The fourth-order valence-corrected chi connectivity index (χ4v) is 6.90. The second kappa shape index (κ2) is 12.9. The number of esters is 1. The average Bonchev–Trinajstić information content (AvgIpc) is 2.93. The Morgan fingerprint density at radius 2 is 1.79 bits per heavy atom. The summed E-state index contributed by atoms with van der Waals surface area (Å²) in [6, 6.07) is 0. The van der Waals surface area contributed by atoms with Gasteiger partial charge in [-0.3, -0.25) is 9.59 Å². The summed E-state index contributed by atoms with van der Waals surface area (Å²) in [7, 11) is 0. The van der Waals surface area contributed by atoms with Crippen LogP contribution in [0.5, 0.6) is 0 Å². The van der Waals surface area contributed by atoms with Crippen LogP contribution in [0.4, 0.5) is 0 Å². The molecule has 3 heterocycles. The minimum absolute atomic E-state index is 0.0782. The van der Waals surface area contributed by atoms with Gasteiger partial charge in [0.2, 0.25) is 0 Å². The summed E-state index contributed by atoms with van der Waals surface area (Å²) in [6.45, 7) is 13.3. The molecule has 3 N–H and O–H groups in total. The van der Waals surface area contributed by atoms with Crippen LogP contribution in [0.15, 0.2) is 47.1 Å². The van der Waals surface area contributed by atoms with Crippen LogP contribution in [0.25, 0.3) is 0 Å². The lowest BCUT2D eigenvalue weighted by Crippen LogP contribution is -2.59. The van der Waals surface area contributed by atoms with Crippen LogP contribution in [0.2, 0.25) is 0 Å². The molecule has 1 aliphatic carbocycles. The molecule has 4 rings (SSSR count). The van der Waals surface area contributed by atoms with Crippen molar-refractivity contribution in [1.29, 1.82) is 0 Å². The van der Waals surface area contributed by atoms with Crippen molar-refractivity contribution in [2.24, 2.45) is 23.7 Å².